The molecule has 0 radical (unpaired) electrons. The van der Waals surface area contributed by atoms with Gasteiger partial charge in [-0.25, -0.2) is 4.79 Å². The summed E-state index contributed by atoms with van der Waals surface area (Å²) in [6.45, 7) is 12.7. The highest BCUT2D eigenvalue weighted by Gasteiger charge is 2.71. The third-order valence-corrected chi connectivity index (χ3v) is 21.5. The minimum absolute atomic E-state index is 0.0818. The van der Waals surface area contributed by atoms with Crippen molar-refractivity contribution < 1.29 is 119 Å². The van der Waals surface area contributed by atoms with Gasteiger partial charge in [-0.05, 0) is 90.8 Å². The van der Waals surface area contributed by atoms with Crippen molar-refractivity contribution in [2.45, 2.75) is 235 Å². The maximum absolute atomic E-state index is 12.4. The Morgan fingerprint density at radius 1 is 0.597 bits per heavy atom. The quantitative estimate of drug-likeness (QED) is 0.0689. The van der Waals surface area contributed by atoms with Crippen LogP contribution in [0.3, 0.4) is 0 Å². The summed E-state index contributed by atoms with van der Waals surface area (Å²) in [5.41, 5.74) is -2.26. The lowest BCUT2D eigenvalue weighted by Gasteiger charge is -2.72. The maximum Gasteiger partial charge on any atom is 0.335 e. The van der Waals surface area contributed by atoms with Gasteiger partial charge in [0.05, 0.1) is 44.7 Å². The van der Waals surface area contributed by atoms with Gasteiger partial charge >= 0.3 is 5.97 Å². The molecule has 77 heavy (non-hydrogen) atoms. The highest BCUT2D eigenvalue weighted by Crippen LogP contribution is 2.76. The Hall–Kier alpha value is -1.67. The Morgan fingerprint density at radius 2 is 1.18 bits per heavy atom. The van der Waals surface area contributed by atoms with Crippen LogP contribution in [0.25, 0.3) is 0 Å². The first-order chi connectivity index (χ1) is 36.0. The number of hydrogen-bond acceptors (Lipinski definition) is 23. The zero-order chi connectivity index (χ0) is 56.4. The van der Waals surface area contributed by atoms with Crippen LogP contribution in [0.4, 0.5) is 0 Å². The van der Waals surface area contributed by atoms with Gasteiger partial charge in [-0.1, -0.05) is 60.1 Å². The Kier molecular flexibility index (Phi) is 16.7. The highest BCUT2D eigenvalue weighted by molar-refractivity contribution is 5.73. The van der Waals surface area contributed by atoms with Crippen molar-refractivity contribution in [1.29, 1.82) is 0 Å². The summed E-state index contributed by atoms with van der Waals surface area (Å²) in [4.78, 5) is 12.4. The van der Waals surface area contributed by atoms with Crippen molar-refractivity contribution in [1.82, 2.24) is 0 Å². The van der Waals surface area contributed by atoms with Gasteiger partial charge in [0, 0.05) is 10.8 Å². The lowest BCUT2D eigenvalue weighted by atomic mass is 9.33. The number of aliphatic carboxylic acids is 1. The molecule has 0 aromatic rings. The zero-order valence-corrected chi connectivity index (χ0v) is 44.9. The molecule has 9 rings (SSSR count). The number of ether oxygens (including phenoxy) is 8. The van der Waals surface area contributed by atoms with Gasteiger partial charge in [-0.3, -0.25) is 0 Å². The third kappa shape index (κ3) is 9.50. The van der Waals surface area contributed by atoms with Crippen LogP contribution in [0, 0.1) is 50.2 Å². The van der Waals surface area contributed by atoms with Crippen LogP contribution in [0.1, 0.15) is 99.8 Å². The van der Waals surface area contributed by atoms with E-state index in [9.17, 15) is 81.4 Å². The van der Waals surface area contributed by atoms with Crippen molar-refractivity contribution in [2.75, 3.05) is 26.4 Å². The maximum atomic E-state index is 12.4. The van der Waals surface area contributed by atoms with Crippen LogP contribution in [0.15, 0.2) is 11.6 Å². The molecule has 30 atom stereocenters. The predicted molar refractivity (Wildman–Crippen MR) is 260 cm³/mol. The summed E-state index contributed by atoms with van der Waals surface area (Å²) < 4.78 is 48.5. The third-order valence-electron chi connectivity index (χ3n) is 21.5. The SMILES string of the molecule is CC1(C)C[C@H]2C3=CC[C@@H]4[C@@]5(C)CC[C@H](O[C@@H]6O[C@H](C(=O)O)[C@@H](O)[C@H](O)[C@H]6O[C@@H]6O[C@H](CO)[C@@H](O)[C@@H](O)[C@H]6O)[C@](C)(CO)[C@@H]5CC[C@@]4(C)[C@]3(C)CC[C@@]2(C)[C@H](O[C@@H]2OC[C@H](O)[C@@H](O)[C@H]2O[C@@H]2O[C@H](CO)[C@@H](O)[C@@H](O)[C@H]2O)[C@@H]1O. The summed E-state index contributed by atoms with van der Waals surface area (Å²) in [6, 6.07) is 0. The average molecular weight is 1110 g/mol. The number of hydrogen-bond donors (Lipinski definition) is 15. The number of aliphatic hydroxyl groups excluding tert-OH is 14. The van der Waals surface area contributed by atoms with Gasteiger partial charge < -0.3 is 114 Å². The van der Waals surface area contributed by atoms with E-state index in [0.717, 1.165) is 6.42 Å². The molecule has 0 aromatic heterocycles. The highest BCUT2D eigenvalue weighted by atomic mass is 16.8. The van der Waals surface area contributed by atoms with Gasteiger partial charge in [0.1, 0.15) is 85.5 Å². The number of carboxylic acid groups (broad SMARTS) is 1. The van der Waals surface area contributed by atoms with Crippen LogP contribution in [0.2, 0.25) is 0 Å². The topological polar surface area (TPSA) is 394 Å². The van der Waals surface area contributed by atoms with E-state index in [1.54, 1.807) is 0 Å². The predicted octanol–water partition coefficient (Wildman–Crippen LogP) is -2.89. The molecular formula is C53H86O24. The number of aliphatic hydroxyl groups is 14. The summed E-state index contributed by atoms with van der Waals surface area (Å²) in [6.07, 6.45) is -28.0. The smallest absolute Gasteiger partial charge is 0.335 e. The van der Waals surface area contributed by atoms with E-state index >= 15 is 0 Å². The van der Waals surface area contributed by atoms with E-state index < -0.39 is 176 Å². The summed E-state index contributed by atoms with van der Waals surface area (Å²) in [5.74, 6) is -1.82. The van der Waals surface area contributed by atoms with Gasteiger partial charge in [0.25, 0.3) is 0 Å². The molecule has 8 fully saturated rings. The lowest BCUT2D eigenvalue weighted by molar-refractivity contribution is -0.375. The Labute approximate surface area is 447 Å². The first-order valence-electron chi connectivity index (χ1n) is 27.4. The Balaban J connectivity index is 0.973. The largest absolute Gasteiger partial charge is 0.479 e. The van der Waals surface area contributed by atoms with E-state index in [2.05, 4.69) is 33.8 Å². The zero-order valence-electron chi connectivity index (χ0n) is 44.9. The Morgan fingerprint density at radius 3 is 1.74 bits per heavy atom. The van der Waals surface area contributed by atoms with Crippen molar-refractivity contribution >= 4 is 5.97 Å². The second-order valence-electron chi connectivity index (χ2n) is 26.0. The number of carboxylic acids is 1. The van der Waals surface area contributed by atoms with E-state index in [0.29, 0.717) is 44.9 Å². The number of fused-ring (bicyclic) bond motifs is 7. The molecule has 24 heteroatoms. The van der Waals surface area contributed by atoms with Crippen molar-refractivity contribution in [3.05, 3.63) is 11.6 Å². The molecule has 0 spiro atoms. The molecule has 4 saturated heterocycles. The number of allylic oxidation sites excluding steroid dienone is 2. The molecule has 9 aliphatic rings. The second kappa shape index (κ2) is 21.5. The minimum Gasteiger partial charge on any atom is -0.479 e. The molecule has 4 saturated carbocycles. The molecule has 0 aromatic carbocycles. The van der Waals surface area contributed by atoms with Crippen LogP contribution in [-0.2, 0) is 42.7 Å². The fourth-order valence-corrected chi connectivity index (χ4v) is 16.4. The molecule has 4 aliphatic heterocycles. The second-order valence-corrected chi connectivity index (χ2v) is 26.0. The Bertz CT molecular complexity index is 2130. The van der Waals surface area contributed by atoms with Crippen molar-refractivity contribution in [3.63, 3.8) is 0 Å². The summed E-state index contributed by atoms with van der Waals surface area (Å²) in [7, 11) is 0. The molecule has 24 nitrogen and oxygen atoms in total. The fraction of sp³-hybridized carbons (Fsp3) is 0.943. The van der Waals surface area contributed by atoms with Gasteiger partial charge in [-0.2, -0.15) is 0 Å². The summed E-state index contributed by atoms with van der Waals surface area (Å²) in [5, 5.41) is 162. The van der Waals surface area contributed by atoms with E-state index in [1.165, 1.54) is 5.57 Å². The molecule has 4 heterocycles. The lowest BCUT2D eigenvalue weighted by Crippen LogP contribution is -2.69. The van der Waals surface area contributed by atoms with Crippen molar-refractivity contribution in [3.8, 4) is 0 Å². The van der Waals surface area contributed by atoms with Crippen LogP contribution >= 0.6 is 0 Å². The van der Waals surface area contributed by atoms with Crippen molar-refractivity contribution in [2.24, 2.45) is 50.2 Å². The van der Waals surface area contributed by atoms with Gasteiger partial charge in [-0.15, -0.1) is 0 Å². The van der Waals surface area contributed by atoms with E-state index in [-0.39, 0.29) is 41.8 Å². The first kappa shape index (κ1) is 59.9. The molecule has 0 amide bonds. The van der Waals surface area contributed by atoms with E-state index in [1.807, 2.05) is 20.8 Å². The molecule has 0 unspecified atom stereocenters. The number of rotatable bonds is 12. The van der Waals surface area contributed by atoms with Crippen LogP contribution in [-0.4, -0.2) is 244 Å². The van der Waals surface area contributed by atoms with Gasteiger partial charge in [0.2, 0.25) is 0 Å². The molecular weight excluding hydrogens is 1020 g/mol. The average Bonchev–Trinajstić information content (AvgIpc) is 3.38. The first-order valence-corrected chi connectivity index (χ1v) is 27.4. The fourth-order valence-electron chi connectivity index (χ4n) is 16.4. The van der Waals surface area contributed by atoms with Gasteiger partial charge in [0.15, 0.2) is 31.3 Å². The molecule has 442 valence electrons. The molecule has 15 N–H and O–H groups in total. The normalized spacial score (nSPS) is 55.7. The molecule has 0 bridgehead atoms. The number of carbonyl (C=O) groups is 1. The van der Waals surface area contributed by atoms with Crippen LogP contribution < -0.4 is 0 Å². The van der Waals surface area contributed by atoms with Crippen LogP contribution in [0.5, 0.6) is 0 Å². The monoisotopic (exact) mass is 1110 g/mol. The summed E-state index contributed by atoms with van der Waals surface area (Å²) >= 11 is 0. The minimum atomic E-state index is -2.04. The molecule has 5 aliphatic carbocycles. The van der Waals surface area contributed by atoms with E-state index in [4.69, 9.17) is 37.9 Å². The standard InChI is InChI=1S/C53H86O24/c1-48(2)16-22-21-8-9-27-50(4)12-11-28(73-47-40(35(64)34(63)38(74-47)43(68)69)76-45-37(66)33(62)31(60)25(18-55)72-45)51(5,20-56)26(50)10-13-53(27,7)52(21,6)15-14-49(22,3)42(41(48)67)77-46-39(29(58)23(57)19-70-46)75-44-36(65)32(61)30(59)24(17-54)71-44/h8,22-42,44-47,54-67H,9-20H2,1-7H3,(H,68,69)/t22-,23-,24+,25+,26+,27+,28-,29+,30+,31+,32+,33+,34-,35-,36+,37+,38-,39+,40+,41-,42+,44-,45-,46-,47+,49+,50-,51+,52+,53+/m0/s1.